The number of hydrogen-bond donors (Lipinski definition) is 1. The predicted octanol–water partition coefficient (Wildman–Crippen LogP) is 2.73. The highest BCUT2D eigenvalue weighted by Crippen LogP contribution is 2.19. The van der Waals surface area contributed by atoms with Crippen LogP contribution in [0.3, 0.4) is 0 Å². The molecular formula is C13H22Cl2N2O. The third-order valence-corrected chi connectivity index (χ3v) is 2.85. The number of anilines is 1. The zero-order valence-electron chi connectivity index (χ0n) is 10.7. The van der Waals surface area contributed by atoms with Crippen LogP contribution >= 0.6 is 24.8 Å². The fourth-order valence-electron chi connectivity index (χ4n) is 2.02. The topological polar surface area (TPSA) is 24.5 Å². The second kappa shape index (κ2) is 9.31. The predicted molar refractivity (Wildman–Crippen MR) is 81.8 cm³/mol. The van der Waals surface area contributed by atoms with E-state index in [1.165, 1.54) is 12.1 Å². The average molecular weight is 293 g/mol. The highest BCUT2D eigenvalue weighted by molar-refractivity contribution is 5.85. The van der Waals surface area contributed by atoms with Gasteiger partial charge in [-0.15, -0.1) is 24.8 Å². The van der Waals surface area contributed by atoms with Gasteiger partial charge in [-0.3, -0.25) is 0 Å². The van der Waals surface area contributed by atoms with E-state index in [0.29, 0.717) is 0 Å². The van der Waals surface area contributed by atoms with Crippen LogP contribution in [-0.2, 0) is 0 Å². The van der Waals surface area contributed by atoms with Crippen molar-refractivity contribution >= 4 is 30.5 Å². The molecule has 0 radical (unpaired) electrons. The second-order valence-electron chi connectivity index (χ2n) is 4.02. The molecule has 1 aliphatic rings. The minimum absolute atomic E-state index is 0. The highest BCUT2D eigenvalue weighted by Gasteiger charge is 2.08. The van der Waals surface area contributed by atoms with Crippen molar-refractivity contribution in [3.63, 3.8) is 0 Å². The largest absolute Gasteiger partial charge is 0.494 e. The number of ether oxygens (including phenoxy) is 1. The van der Waals surface area contributed by atoms with Crippen molar-refractivity contribution in [1.29, 1.82) is 0 Å². The summed E-state index contributed by atoms with van der Waals surface area (Å²) in [5, 5.41) is 3.41. The number of halogens is 2. The molecule has 1 aliphatic heterocycles. The highest BCUT2D eigenvalue weighted by atomic mass is 35.5. The monoisotopic (exact) mass is 292 g/mol. The van der Waals surface area contributed by atoms with E-state index in [9.17, 15) is 0 Å². The molecule has 0 amide bonds. The molecule has 1 fully saturated rings. The summed E-state index contributed by atoms with van der Waals surface area (Å²) in [4.78, 5) is 2.43. The molecule has 1 heterocycles. The van der Waals surface area contributed by atoms with E-state index in [0.717, 1.165) is 38.5 Å². The first-order valence-corrected chi connectivity index (χ1v) is 6.08. The van der Waals surface area contributed by atoms with E-state index in [2.05, 4.69) is 34.5 Å². The van der Waals surface area contributed by atoms with Crippen LogP contribution in [0.15, 0.2) is 24.3 Å². The molecule has 0 unspecified atom stereocenters. The van der Waals surface area contributed by atoms with Crippen molar-refractivity contribution in [1.82, 2.24) is 5.32 Å². The normalized spacial score (nSPS) is 15.1. The quantitative estimate of drug-likeness (QED) is 0.927. The summed E-state index contributed by atoms with van der Waals surface area (Å²) < 4.78 is 5.44. The summed E-state index contributed by atoms with van der Waals surface area (Å²) in [5.41, 5.74) is 1.30. The molecule has 0 bridgehead atoms. The fraction of sp³-hybridized carbons (Fsp3) is 0.538. The zero-order chi connectivity index (χ0) is 11.2. The Morgan fingerprint density at radius 1 is 1.11 bits per heavy atom. The van der Waals surface area contributed by atoms with Gasteiger partial charge in [0.1, 0.15) is 5.75 Å². The van der Waals surface area contributed by atoms with Crippen molar-refractivity contribution in [3.05, 3.63) is 24.3 Å². The van der Waals surface area contributed by atoms with Gasteiger partial charge in [0.05, 0.1) is 6.61 Å². The summed E-state index contributed by atoms with van der Waals surface area (Å²) >= 11 is 0. The summed E-state index contributed by atoms with van der Waals surface area (Å²) in [5.74, 6) is 0.958. The molecule has 3 nitrogen and oxygen atoms in total. The molecule has 1 saturated heterocycles. The Kier molecular flexibility index (Phi) is 8.98. The number of nitrogens with zero attached hydrogens (tertiary/aromatic N) is 1. The molecule has 0 atom stereocenters. The van der Waals surface area contributed by atoms with Gasteiger partial charge < -0.3 is 15.0 Å². The number of hydrogen-bond acceptors (Lipinski definition) is 3. The standard InChI is InChI=1S/C13H20N2O.2ClH/c1-2-16-13-6-4-12(5-7-13)15-10-3-8-14-9-11-15;;/h4-7,14H,2-3,8-11H2,1H3;2*1H. The van der Waals surface area contributed by atoms with Crippen LogP contribution in [0.4, 0.5) is 5.69 Å². The molecule has 18 heavy (non-hydrogen) atoms. The van der Waals surface area contributed by atoms with E-state index in [4.69, 9.17) is 4.74 Å². The Hall–Kier alpha value is -0.640. The van der Waals surface area contributed by atoms with E-state index in [-0.39, 0.29) is 24.8 Å². The Balaban J connectivity index is 0.00000144. The van der Waals surface area contributed by atoms with Crippen LogP contribution in [-0.4, -0.2) is 32.8 Å². The van der Waals surface area contributed by atoms with Crippen LogP contribution in [0.5, 0.6) is 5.75 Å². The van der Waals surface area contributed by atoms with E-state index in [1.807, 2.05) is 6.92 Å². The molecule has 1 N–H and O–H groups in total. The van der Waals surface area contributed by atoms with Crippen LogP contribution in [0.25, 0.3) is 0 Å². The molecule has 0 saturated carbocycles. The third-order valence-electron chi connectivity index (χ3n) is 2.85. The van der Waals surface area contributed by atoms with E-state index < -0.39 is 0 Å². The molecule has 0 spiro atoms. The van der Waals surface area contributed by atoms with Gasteiger partial charge in [-0.05, 0) is 44.2 Å². The Morgan fingerprint density at radius 3 is 2.50 bits per heavy atom. The molecule has 0 aliphatic carbocycles. The minimum Gasteiger partial charge on any atom is -0.494 e. The number of nitrogens with one attached hydrogen (secondary N) is 1. The van der Waals surface area contributed by atoms with Gasteiger partial charge in [0, 0.05) is 25.3 Å². The molecule has 1 aromatic rings. The van der Waals surface area contributed by atoms with Crippen molar-refractivity contribution < 1.29 is 4.74 Å². The molecular weight excluding hydrogens is 271 g/mol. The SMILES string of the molecule is CCOc1ccc(N2CCCNCC2)cc1.Cl.Cl. The summed E-state index contributed by atoms with van der Waals surface area (Å²) in [6.45, 7) is 7.18. The van der Waals surface area contributed by atoms with Gasteiger partial charge in [-0.25, -0.2) is 0 Å². The smallest absolute Gasteiger partial charge is 0.119 e. The van der Waals surface area contributed by atoms with Crippen molar-refractivity contribution in [2.45, 2.75) is 13.3 Å². The lowest BCUT2D eigenvalue weighted by molar-refractivity contribution is 0.340. The maximum Gasteiger partial charge on any atom is 0.119 e. The van der Waals surface area contributed by atoms with Crippen molar-refractivity contribution in [2.24, 2.45) is 0 Å². The van der Waals surface area contributed by atoms with Gasteiger partial charge in [0.2, 0.25) is 0 Å². The van der Waals surface area contributed by atoms with Gasteiger partial charge in [0.25, 0.3) is 0 Å². The number of benzene rings is 1. The maximum atomic E-state index is 5.44. The molecule has 0 aromatic heterocycles. The first-order chi connectivity index (χ1) is 7.90. The van der Waals surface area contributed by atoms with Gasteiger partial charge in [0.15, 0.2) is 0 Å². The zero-order valence-corrected chi connectivity index (χ0v) is 12.4. The number of rotatable bonds is 3. The molecule has 2 rings (SSSR count). The van der Waals surface area contributed by atoms with Gasteiger partial charge in [-0.1, -0.05) is 0 Å². The lowest BCUT2D eigenvalue weighted by Crippen LogP contribution is -2.27. The van der Waals surface area contributed by atoms with Crippen LogP contribution < -0.4 is 15.0 Å². The maximum absolute atomic E-state index is 5.44. The first kappa shape index (κ1) is 17.4. The Bertz CT molecular complexity index is 311. The van der Waals surface area contributed by atoms with E-state index >= 15 is 0 Å². The van der Waals surface area contributed by atoms with Crippen LogP contribution in [0.1, 0.15) is 13.3 Å². The van der Waals surface area contributed by atoms with Crippen molar-refractivity contribution in [2.75, 3.05) is 37.7 Å². The first-order valence-electron chi connectivity index (χ1n) is 6.08. The second-order valence-corrected chi connectivity index (χ2v) is 4.02. The fourth-order valence-corrected chi connectivity index (χ4v) is 2.02. The van der Waals surface area contributed by atoms with Gasteiger partial charge >= 0.3 is 0 Å². The Labute approximate surface area is 122 Å². The summed E-state index contributed by atoms with van der Waals surface area (Å²) in [7, 11) is 0. The van der Waals surface area contributed by atoms with Crippen molar-refractivity contribution in [3.8, 4) is 5.75 Å². The molecule has 5 heteroatoms. The lowest BCUT2D eigenvalue weighted by atomic mass is 10.2. The Morgan fingerprint density at radius 2 is 1.83 bits per heavy atom. The summed E-state index contributed by atoms with van der Waals surface area (Å²) in [6, 6.07) is 8.40. The van der Waals surface area contributed by atoms with E-state index in [1.54, 1.807) is 0 Å². The third kappa shape index (κ3) is 4.92. The average Bonchev–Trinajstić information content (AvgIpc) is 2.59. The minimum atomic E-state index is 0. The summed E-state index contributed by atoms with van der Waals surface area (Å²) in [6.07, 6.45) is 1.22. The van der Waals surface area contributed by atoms with Crippen LogP contribution in [0, 0.1) is 0 Å². The lowest BCUT2D eigenvalue weighted by Gasteiger charge is -2.22. The van der Waals surface area contributed by atoms with Crippen LogP contribution in [0.2, 0.25) is 0 Å². The molecule has 104 valence electrons. The molecule has 1 aromatic carbocycles. The van der Waals surface area contributed by atoms with Gasteiger partial charge in [-0.2, -0.15) is 0 Å².